The first-order valence-electron chi connectivity index (χ1n) is 7.93. The second-order valence-electron chi connectivity index (χ2n) is 5.64. The second-order valence-corrected chi connectivity index (χ2v) is 6.49. The Balaban J connectivity index is 1.50. The molecule has 0 radical (unpaired) electrons. The minimum atomic E-state index is -0.128. The minimum absolute atomic E-state index is 0.128. The fourth-order valence-corrected chi connectivity index (χ4v) is 2.94. The quantitative estimate of drug-likeness (QED) is 0.792. The van der Waals surface area contributed by atoms with Crippen molar-refractivity contribution in [2.45, 2.75) is 25.4 Å². The molecule has 1 saturated heterocycles. The Bertz CT molecular complexity index is 687. The number of benzene rings is 1. The number of hydrogen-bond acceptors (Lipinski definition) is 5. The molecule has 2 heterocycles. The molecule has 1 fully saturated rings. The third-order valence-corrected chi connectivity index (χ3v) is 4.55. The highest BCUT2D eigenvalue weighted by Gasteiger charge is 2.15. The van der Waals surface area contributed by atoms with Crippen LogP contribution in [-0.2, 0) is 16.0 Å². The van der Waals surface area contributed by atoms with Gasteiger partial charge in [-0.15, -0.1) is 10.2 Å². The van der Waals surface area contributed by atoms with Crippen LogP contribution in [0.2, 0.25) is 0 Å². The van der Waals surface area contributed by atoms with Crippen molar-refractivity contribution in [3.63, 3.8) is 0 Å². The number of rotatable bonds is 6. The molecule has 126 valence electrons. The van der Waals surface area contributed by atoms with E-state index in [1.807, 2.05) is 24.3 Å². The molecule has 24 heavy (non-hydrogen) atoms. The van der Waals surface area contributed by atoms with E-state index >= 15 is 0 Å². The highest BCUT2D eigenvalue weighted by atomic mass is 79.9. The van der Waals surface area contributed by atoms with E-state index in [1.165, 1.54) is 0 Å². The summed E-state index contributed by atoms with van der Waals surface area (Å²) in [6.45, 7) is 1.56. The summed E-state index contributed by atoms with van der Waals surface area (Å²) < 4.78 is 6.46. The fourth-order valence-electron chi connectivity index (χ4n) is 2.52. The SMILES string of the molecule is O=C(Cc1ccccc1Br)Nc1ccc(NCC2CCCO2)nn1. The smallest absolute Gasteiger partial charge is 0.230 e. The van der Waals surface area contributed by atoms with Crippen LogP contribution in [0.15, 0.2) is 40.9 Å². The van der Waals surface area contributed by atoms with Crippen LogP contribution < -0.4 is 10.6 Å². The van der Waals surface area contributed by atoms with Crippen molar-refractivity contribution in [1.29, 1.82) is 0 Å². The first-order valence-corrected chi connectivity index (χ1v) is 8.72. The fraction of sp³-hybridized carbons (Fsp3) is 0.353. The molecule has 1 aromatic heterocycles. The predicted octanol–water partition coefficient (Wildman–Crippen LogP) is 3.01. The zero-order valence-corrected chi connectivity index (χ0v) is 14.8. The lowest BCUT2D eigenvalue weighted by Gasteiger charge is -2.11. The average molecular weight is 391 g/mol. The Hall–Kier alpha value is -1.99. The summed E-state index contributed by atoms with van der Waals surface area (Å²) >= 11 is 3.44. The summed E-state index contributed by atoms with van der Waals surface area (Å²) in [7, 11) is 0. The normalized spacial score (nSPS) is 16.8. The van der Waals surface area contributed by atoms with Crippen LogP contribution in [0, 0.1) is 0 Å². The molecule has 3 rings (SSSR count). The van der Waals surface area contributed by atoms with E-state index in [2.05, 4.69) is 36.8 Å². The van der Waals surface area contributed by atoms with Gasteiger partial charge in [0, 0.05) is 17.6 Å². The topological polar surface area (TPSA) is 76.1 Å². The Labute approximate surface area is 149 Å². The number of halogens is 1. The Morgan fingerprint density at radius 1 is 1.21 bits per heavy atom. The van der Waals surface area contributed by atoms with Crippen LogP contribution in [0.3, 0.4) is 0 Å². The number of nitrogens with zero attached hydrogens (tertiary/aromatic N) is 2. The zero-order valence-electron chi connectivity index (χ0n) is 13.2. The summed E-state index contributed by atoms with van der Waals surface area (Å²) in [6, 6.07) is 11.2. The van der Waals surface area contributed by atoms with E-state index in [0.717, 1.165) is 36.0 Å². The van der Waals surface area contributed by atoms with Crippen molar-refractivity contribution in [1.82, 2.24) is 10.2 Å². The van der Waals surface area contributed by atoms with Crippen molar-refractivity contribution >= 4 is 33.5 Å². The molecule has 1 amide bonds. The van der Waals surface area contributed by atoms with Gasteiger partial charge in [-0.2, -0.15) is 0 Å². The van der Waals surface area contributed by atoms with Crippen LogP contribution in [0.5, 0.6) is 0 Å². The van der Waals surface area contributed by atoms with Gasteiger partial charge in [-0.05, 0) is 36.6 Å². The first-order chi connectivity index (χ1) is 11.7. The van der Waals surface area contributed by atoms with Gasteiger partial charge in [-0.25, -0.2) is 0 Å². The van der Waals surface area contributed by atoms with E-state index in [1.54, 1.807) is 12.1 Å². The molecule has 1 aromatic carbocycles. The summed E-state index contributed by atoms with van der Waals surface area (Å²) in [4.78, 5) is 12.1. The Morgan fingerprint density at radius 2 is 2.00 bits per heavy atom. The molecular weight excluding hydrogens is 372 g/mol. The van der Waals surface area contributed by atoms with E-state index in [4.69, 9.17) is 4.74 Å². The third-order valence-electron chi connectivity index (χ3n) is 3.78. The lowest BCUT2D eigenvalue weighted by molar-refractivity contribution is -0.115. The third kappa shape index (κ3) is 4.75. The molecule has 0 saturated carbocycles. The molecule has 1 aliphatic heterocycles. The lowest BCUT2D eigenvalue weighted by Crippen LogP contribution is -2.19. The van der Waals surface area contributed by atoms with Crippen LogP contribution in [-0.4, -0.2) is 35.4 Å². The van der Waals surface area contributed by atoms with Gasteiger partial charge in [0.25, 0.3) is 0 Å². The second kappa shape index (κ2) is 8.21. The number of anilines is 2. The molecule has 1 unspecified atom stereocenters. The van der Waals surface area contributed by atoms with Gasteiger partial charge in [0.15, 0.2) is 5.82 Å². The van der Waals surface area contributed by atoms with Crippen molar-refractivity contribution in [3.05, 3.63) is 46.4 Å². The number of nitrogens with one attached hydrogen (secondary N) is 2. The van der Waals surface area contributed by atoms with Crippen LogP contribution >= 0.6 is 15.9 Å². The summed E-state index contributed by atoms with van der Waals surface area (Å²) in [5, 5.41) is 14.1. The highest BCUT2D eigenvalue weighted by molar-refractivity contribution is 9.10. The number of ether oxygens (including phenoxy) is 1. The maximum Gasteiger partial charge on any atom is 0.230 e. The van der Waals surface area contributed by atoms with Gasteiger partial charge < -0.3 is 15.4 Å². The van der Waals surface area contributed by atoms with Gasteiger partial charge in [0.2, 0.25) is 5.91 Å². The molecule has 0 bridgehead atoms. The molecule has 0 spiro atoms. The van der Waals surface area contributed by atoms with Gasteiger partial charge in [-0.1, -0.05) is 34.1 Å². The summed E-state index contributed by atoms with van der Waals surface area (Å²) in [6.07, 6.45) is 2.71. The standard InChI is InChI=1S/C17H19BrN4O2/c18-14-6-2-1-4-12(14)10-17(23)20-16-8-7-15(21-22-16)19-11-13-5-3-9-24-13/h1-2,4,6-8,13H,3,5,9-11H2,(H,19,21)(H,20,22,23). The summed E-state index contributed by atoms with van der Waals surface area (Å²) in [5.74, 6) is 0.986. The van der Waals surface area contributed by atoms with Gasteiger partial charge in [-0.3, -0.25) is 4.79 Å². The van der Waals surface area contributed by atoms with Crippen molar-refractivity contribution < 1.29 is 9.53 Å². The van der Waals surface area contributed by atoms with Crippen LogP contribution in [0.1, 0.15) is 18.4 Å². The summed E-state index contributed by atoms with van der Waals surface area (Å²) in [5.41, 5.74) is 0.929. The molecular formula is C17H19BrN4O2. The van der Waals surface area contributed by atoms with E-state index in [9.17, 15) is 4.79 Å². The monoisotopic (exact) mass is 390 g/mol. The maximum absolute atomic E-state index is 12.1. The zero-order chi connectivity index (χ0) is 16.8. The van der Waals surface area contributed by atoms with Gasteiger partial charge in [0.1, 0.15) is 5.82 Å². The highest BCUT2D eigenvalue weighted by Crippen LogP contribution is 2.17. The molecule has 1 atom stereocenters. The first kappa shape index (κ1) is 16.9. The number of amides is 1. The molecule has 1 aliphatic rings. The number of aromatic nitrogens is 2. The van der Waals surface area contributed by atoms with Crippen molar-refractivity contribution in [2.75, 3.05) is 23.8 Å². The van der Waals surface area contributed by atoms with Crippen molar-refractivity contribution in [2.24, 2.45) is 0 Å². The molecule has 2 aromatic rings. The predicted molar refractivity (Wildman–Crippen MR) is 96.0 cm³/mol. The number of hydrogen-bond donors (Lipinski definition) is 2. The van der Waals surface area contributed by atoms with Gasteiger partial charge >= 0.3 is 0 Å². The van der Waals surface area contributed by atoms with Crippen molar-refractivity contribution in [3.8, 4) is 0 Å². The van der Waals surface area contributed by atoms with E-state index < -0.39 is 0 Å². The largest absolute Gasteiger partial charge is 0.376 e. The number of carbonyl (C=O) groups is 1. The lowest BCUT2D eigenvalue weighted by atomic mass is 10.1. The molecule has 2 N–H and O–H groups in total. The minimum Gasteiger partial charge on any atom is -0.376 e. The van der Waals surface area contributed by atoms with Crippen LogP contribution in [0.4, 0.5) is 11.6 Å². The molecule has 6 nitrogen and oxygen atoms in total. The molecule has 7 heteroatoms. The van der Waals surface area contributed by atoms with Crippen LogP contribution in [0.25, 0.3) is 0 Å². The Kier molecular flexibility index (Phi) is 5.77. The molecule has 0 aliphatic carbocycles. The van der Waals surface area contributed by atoms with Gasteiger partial charge in [0.05, 0.1) is 12.5 Å². The Morgan fingerprint density at radius 3 is 2.71 bits per heavy atom. The maximum atomic E-state index is 12.1. The van der Waals surface area contributed by atoms with E-state index in [0.29, 0.717) is 11.6 Å². The average Bonchev–Trinajstić information content (AvgIpc) is 3.10. The number of carbonyl (C=O) groups excluding carboxylic acids is 1. The van der Waals surface area contributed by atoms with E-state index in [-0.39, 0.29) is 18.4 Å².